The molecule has 0 radical (unpaired) electrons. The molecule has 3 heterocycles. The summed E-state index contributed by atoms with van der Waals surface area (Å²) in [6.07, 6.45) is 5.76. The van der Waals surface area contributed by atoms with Gasteiger partial charge >= 0.3 is 0 Å². The van der Waals surface area contributed by atoms with Crippen molar-refractivity contribution in [2.24, 2.45) is 5.41 Å². The number of anilines is 1. The molecule has 1 amide bonds. The van der Waals surface area contributed by atoms with E-state index in [9.17, 15) is 13.6 Å². The first-order valence-corrected chi connectivity index (χ1v) is 11.4. The number of nitrogens with two attached hydrogens (primary N) is 1. The maximum atomic E-state index is 14.2. The predicted octanol–water partition coefficient (Wildman–Crippen LogP) is 4.68. The van der Waals surface area contributed by atoms with Gasteiger partial charge in [0.25, 0.3) is 0 Å². The first-order chi connectivity index (χ1) is 16.2. The van der Waals surface area contributed by atoms with Crippen molar-refractivity contribution in [3.63, 3.8) is 0 Å². The van der Waals surface area contributed by atoms with Gasteiger partial charge in [0.1, 0.15) is 17.5 Å². The molecule has 1 fully saturated rings. The van der Waals surface area contributed by atoms with Crippen LogP contribution in [0, 0.1) is 24.0 Å². The van der Waals surface area contributed by atoms with Crippen LogP contribution in [0.25, 0.3) is 11.4 Å². The van der Waals surface area contributed by atoms with Crippen LogP contribution >= 0.6 is 0 Å². The van der Waals surface area contributed by atoms with Crippen LogP contribution in [-0.2, 0) is 11.2 Å². The molecule has 0 aliphatic carbocycles. The fraction of sp³-hybridized carbons (Fsp3) is 0.385. The number of halogens is 2. The fourth-order valence-corrected chi connectivity index (χ4v) is 4.64. The highest BCUT2D eigenvalue weighted by Gasteiger charge is 2.37. The van der Waals surface area contributed by atoms with Gasteiger partial charge in [0.05, 0.1) is 11.6 Å². The van der Waals surface area contributed by atoms with Crippen LogP contribution in [0.3, 0.4) is 0 Å². The van der Waals surface area contributed by atoms with Crippen molar-refractivity contribution in [2.75, 3.05) is 18.8 Å². The van der Waals surface area contributed by atoms with E-state index in [-0.39, 0.29) is 16.9 Å². The number of amides is 1. The van der Waals surface area contributed by atoms with Crippen molar-refractivity contribution in [3.8, 4) is 11.4 Å². The Morgan fingerprint density at radius 1 is 1.24 bits per heavy atom. The minimum Gasteiger partial charge on any atom is -0.383 e. The summed E-state index contributed by atoms with van der Waals surface area (Å²) in [6.45, 7) is 6.89. The molecule has 1 aliphatic heterocycles. The molecule has 1 aliphatic rings. The van der Waals surface area contributed by atoms with Crippen LogP contribution < -0.4 is 5.73 Å². The van der Waals surface area contributed by atoms with Gasteiger partial charge in [-0.05, 0) is 62.3 Å². The van der Waals surface area contributed by atoms with Crippen molar-refractivity contribution in [2.45, 2.75) is 46.0 Å². The summed E-state index contributed by atoms with van der Waals surface area (Å²) in [7, 11) is 0. The van der Waals surface area contributed by atoms with E-state index < -0.39 is 17.6 Å². The van der Waals surface area contributed by atoms with Gasteiger partial charge in [-0.3, -0.25) is 4.79 Å². The third-order valence-corrected chi connectivity index (χ3v) is 6.80. The maximum Gasteiger partial charge on any atom is 0.229 e. The molecule has 0 unspecified atom stereocenters. The summed E-state index contributed by atoms with van der Waals surface area (Å²) < 4.78 is 27.4. The zero-order valence-electron chi connectivity index (χ0n) is 19.7. The number of rotatable bonds is 6. The van der Waals surface area contributed by atoms with Gasteiger partial charge in [0.2, 0.25) is 5.91 Å². The lowest BCUT2D eigenvalue weighted by Gasteiger charge is -2.26. The standard InChI is InChI=1S/C26H29F2N5O/c1-16(20-6-5-19(27)14-22(20)28)25(34)33-12-9-26(3,15-33)8-7-18-13-21(17(2)32-23(18)29)24-30-10-4-11-31-24/h4-6,10-11,13-14,16H,7-9,12,15H2,1-3H3,(H2,29,32)/t16-,26+/m0/s1. The van der Waals surface area contributed by atoms with Crippen molar-refractivity contribution in [1.29, 1.82) is 0 Å². The number of likely N-dealkylation sites (tertiary alicyclic amines) is 1. The average Bonchev–Trinajstić information content (AvgIpc) is 3.20. The molecule has 2 N–H and O–H groups in total. The van der Waals surface area contributed by atoms with Crippen LogP contribution in [0.2, 0.25) is 0 Å². The summed E-state index contributed by atoms with van der Waals surface area (Å²) in [5, 5.41) is 0. The number of aryl methyl sites for hydroxylation is 2. The molecule has 2 aromatic heterocycles. The second-order valence-corrected chi connectivity index (χ2v) is 9.45. The Bertz CT molecular complexity index is 1200. The van der Waals surface area contributed by atoms with Crippen LogP contribution in [0.15, 0.2) is 42.7 Å². The van der Waals surface area contributed by atoms with E-state index in [0.29, 0.717) is 31.2 Å². The number of nitrogen functional groups attached to an aromatic ring is 1. The Morgan fingerprint density at radius 3 is 2.68 bits per heavy atom. The Morgan fingerprint density at radius 2 is 1.97 bits per heavy atom. The molecule has 0 bridgehead atoms. The first kappa shape index (κ1) is 23.7. The van der Waals surface area contributed by atoms with E-state index in [1.54, 1.807) is 30.3 Å². The second kappa shape index (κ2) is 9.44. The number of carbonyl (C=O) groups is 1. The fourth-order valence-electron chi connectivity index (χ4n) is 4.64. The highest BCUT2D eigenvalue weighted by atomic mass is 19.1. The number of pyridine rings is 1. The lowest BCUT2D eigenvalue weighted by atomic mass is 9.83. The lowest BCUT2D eigenvalue weighted by Crippen LogP contribution is -2.34. The van der Waals surface area contributed by atoms with Gasteiger partial charge < -0.3 is 10.6 Å². The van der Waals surface area contributed by atoms with E-state index in [2.05, 4.69) is 21.9 Å². The number of nitrogens with zero attached hydrogens (tertiary/aromatic N) is 4. The summed E-state index contributed by atoms with van der Waals surface area (Å²) in [5.74, 6) is -1.06. The largest absolute Gasteiger partial charge is 0.383 e. The molecule has 178 valence electrons. The summed E-state index contributed by atoms with van der Waals surface area (Å²) >= 11 is 0. The normalized spacial score (nSPS) is 18.8. The molecule has 1 aromatic carbocycles. The van der Waals surface area contributed by atoms with Crippen LogP contribution in [0.1, 0.15) is 49.4 Å². The molecular formula is C26H29F2N5O. The summed E-state index contributed by atoms with van der Waals surface area (Å²) in [5.41, 5.74) is 8.90. The topological polar surface area (TPSA) is 85.0 Å². The zero-order chi connectivity index (χ0) is 24.5. The molecule has 2 atom stereocenters. The second-order valence-electron chi connectivity index (χ2n) is 9.45. The molecule has 4 rings (SSSR count). The molecule has 1 saturated heterocycles. The number of carbonyl (C=O) groups excluding carboxylic acids is 1. The minimum atomic E-state index is -0.691. The smallest absolute Gasteiger partial charge is 0.229 e. The van der Waals surface area contributed by atoms with Crippen LogP contribution in [0.5, 0.6) is 0 Å². The highest BCUT2D eigenvalue weighted by molar-refractivity contribution is 5.83. The molecule has 34 heavy (non-hydrogen) atoms. The van der Waals surface area contributed by atoms with Gasteiger partial charge in [-0.1, -0.05) is 13.0 Å². The van der Waals surface area contributed by atoms with Crippen LogP contribution in [0.4, 0.5) is 14.6 Å². The minimum absolute atomic E-state index is 0.0997. The van der Waals surface area contributed by atoms with Crippen molar-refractivity contribution >= 4 is 11.7 Å². The Labute approximate surface area is 198 Å². The number of benzene rings is 1. The number of hydrogen-bond acceptors (Lipinski definition) is 5. The number of hydrogen-bond donors (Lipinski definition) is 1. The van der Waals surface area contributed by atoms with E-state index in [1.165, 1.54) is 12.1 Å². The third kappa shape index (κ3) is 4.90. The number of aromatic nitrogens is 3. The molecule has 6 nitrogen and oxygen atoms in total. The maximum absolute atomic E-state index is 14.2. The van der Waals surface area contributed by atoms with E-state index in [1.807, 2.05) is 13.0 Å². The molecule has 8 heteroatoms. The molecule has 0 saturated carbocycles. The van der Waals surface area contributed by atoms with Gasteiger partial charge in [0, 0.05) is 42.7 Å². The molecular weight excluding hydrogens is 436 g/mol. The van der Waals surface area contributed by atoms with E-state index in [0.717, 1.165) is 35.7 Å². The van der Waals surface area contributed by atoms with Gasteiger partial charge in [-0.25, -0.2) is 23.7 Å². The highest BCUT2D eigenvalue weighted by Crippen LogP contribution is 2.37. The van der Waals surface area contributed by atoms with E-state index >= 15 is 0 Å². The zero-order valence-corrected chi connectivity index (χ0v) is 19.7. The first-order valence-electron chi connectivity index (χ1n) is 11.4. The van der Waals surface area contributed by atoms with Crippen molar-refractivity contribution in [3.05, 3.63) is 71.2 Å². The van der Waals surface area contributed by atoms with Gasteiger partial charge in [0.15, 0.2) is 5.82 Å². The lowest BCUT2D eigenvalue weighted by molar-refractivity contribution is -0.131. The monoisotopic (exact) mass is 465 g/mol. The van der Waals surface area contributed by atoms with Crippen molar-refractivity contribution < 1.29 is 13.6 Å². The summed E-state index contributed by atoms with van der Waals surface area (Å²) in [4.78, 5) is 28.0. The molecule has 3 aromatic rings. The van der Waals surface area contributed by atoms with Gasteiger partial charge in [-0.2, -0.15) is 0 Å². The Hall–Kier alpha value is -3.42. The Kier molecular flexibility index (Phi) is 6.59. The summed E-state index contributed by atoms with van der Waals surface area (Å²) in [6, 6.07) is 7.13. The van der Waals surface area contributed by atoms with E-state index in [4.69, 9.17) is 5.73 Å². The quantitative estimate of drug-likeness (QED) is 0.571. The van der Waals surface area contributed by atoms with Crippen LogP contribution in [-0.4, -0.2) is 38.8 Å². The van der Waals surface area contributed by atoms with Gasteiger partial charge in [-0.15, -0.1) is 0 Å². The average molecular weight is 466 g/mol. The Balaban J connectivity index is 1.44. The van der Waals surface area contributed by atoms with Crippen molar-refractivity contribution in [1.82, 2.24) is 19.9 Å². The predicted molar refractivity (Wildman–Crippen MR) is 127 cm³/mol. The SMILES string of the molecule is Cc1nc(N)c(CC[C@]2(C)CCN(C(=O)[C@@H](C)c3ccc(F)cc3F)C2)cc1-c1ncccn1. The third-order valence-electron chi connectivity index (χ3n) is 6.80. The molecule has 0 spiro atoms.